The van der Waals surface area contributed by atoms with Crippen LogP contribution in [0.25, 0.3) is 0 Å². The third kappa shape index (κ3) is 4.98. The molecule has 0 atom stereocenters. The smallest absolute Gasteiger partial charge is 0.335 e. The van der Waals surface area contributed by atoms with E-state index < -0.39 is 5.97 Å². The molecule has 2 rings (SSSR count). The number of aromatic carboxylic acids is 1. The number of carboxylic acid groups (broad SMARTS) is 1. The van der Waals surface area contributed by atoms with Crippen molar-refractivity contribution < 1.29 is 9.90 Å². The van der Waals surface area contributed by atoms with Crippen molar-refractivity contribution in [2.24, 2.45) is 0 Å². The summed E-state index contributed by atoms with van der Waals surface area (Å²) in [5.41, 5.74) is 2.99. The summed E-state index contributed by atoms with van der Waals surface area (Å²) >= 11 is 0. The van der Waals surface area contributed by atoms with Crippen LogP contribution >= 0.6 is 0 Å². The van der Waals surface area contributed by atoms with Gasteiger partial charge in [0.2, 0.25) is 0 Å². The van der Waals surface area contributed by atoms with Gasteiger partial charge in [-0.1, -0.05) is 53.6 Å². The van der Waals surface area contributed by atoms with Crippen LogP contribution in [0, 0.1) is 13.8 Å². The predicted molar refractivity (Wildman–Crippen MR) is 69.3 cm³/mol. The Morgan fingerprint density at radius 2 is 1.24 bits per heavy atom. The van der Waals surface area contributed by atoms with Crippen molar-refractivity contribution in [3.8, 4) is 0 Å². The molecule has 0 amide bonds. The van der Waals surface area contributed by atoms with E-state index in [1.165, 1.54) is 11.1 Å². The monoisotopic (exact) mass is 228 g/mol. The molecular formula is C15H16O2. The largest absolute Gasteiger partial charge is 0.478 e. The van der Waals surface area contributed by atoms with Crippen molar-refractivity contribution in [2.45, 2.75) is 13.8 Å². The number of benzene rings is 2. The van der Waals surface area contributed by atoms with E-state index in [9.17, 15) is 4.79 Å². The van der Waals surface area contributed by atoms with E-state index in [0.29, 0.717) is 5.56 Å². The summed E-state index contributed by atoms with van der Waals surface area (Å²) in [6.45, 7) is 4.19. The van der Waals surface area contributed by atoms with Crippen LogP contribution in [0.15, 0.2) is 54.6 Å². The van der Waals surface area contributed by atoms with Crippen LogP contribution in [0.4, 0.5) is 0 Å². The Kier molecular flexibility index (Phi) is 4.95. The molecule has 0 spiro atoms. The number of hydrogen-bond acceptors (Lipinski definition) is 1. The van der Waals surface area contributed by atoms with Crippen molar-refractivity contribution in [1.82, 2.24) is 0 Å². The third-order valence-corrected chi connectivity index (χ3v) is 2.24. The van der Waals surface area contributed by atoms with E-state index in [2.05, 4.69) is 38.1 Å². The normalized spacial score (nSPS) is 9.06. The van der Waals surface area contributed by atoms with Crippen LogP contribution in [0.2, 0.25) is 0 Å². The minimum Gasteiger partial charge on any atom is -0.478 e. The molecule has 2 nitrogen and oxygen atoms in total. The van der Waals surface area contributed by atoms with E-state index >= 15 is 0 Å². The molecule has 2 aromatic carbocycles. The van der Waals surface area contributed by atoms with Gasteiger partial charge in [-0.3, -0.25) is 0 Å². The van der Waals surface area contributed by atoms with Gasteiger partial charge in [0.05, 0.1) is 5.56 Å². The second-order valence-electron chi connectivity index (χ2n) is 3.83. The van der Waals surface area contributed by atoms with E-state index in [4.69, 9.17) is 5.11 Å². The Bertz CT molecular complexity index is 437. The van der Waals surface area contributed by atoms with Crippen LogP contribution in [0.1, 0.15) is 21.5 Å². The molecule has 2 aromatic rings. The molecule has 0 aliphatic heterocycles. The lowest BCUT2D eigenvalue weighted by Crippen LogP contribution is -1.93. The third-order valence-electron chi connectivity index (χ3n) is 2.24. The van der Waals surface area contributed by atoms with Gasteiger partial charge in [-0.15, -0.1) is 0 Å². The van der Waals surface area contributed by atoms with E-state index in [1.807, 2.05) is 0 Å². The highest BCUT2D eigenvalue weighted by Crippen LogP contribution is 1.99. The standard InChI is InChI=1S/C8H10.C7H6O2/c1-7-3-5-8(2)6-4-7;8-7(9)6-4-2-1-3-5-6/h3-6H,1-2H3;1-5H,(H,8,9). The topological polar surface area (TPSA) is 37.3 Å². The van der Waals surface area contributed by atoms with Crippen molar-refractivity contribution in [1.29, 1.82) is 0 Å². The van der Waals surface area contributed by atoms with Crippen LogP contribution in [-0.4, -0.2) is 11.1 Å². The average Bonchev–Trinajstić information content (AvgIpc) is 2.35. The lowest BCUT2D eigenvalue weighted by Gasteiger charge is -1.90. The Morgan fingerprint density at radius 1 is 0.824 bits per heavy atom. The Balaban J connectivity index is 0.000000171. The van der Waals surface area contributed by atoms with Crippen LogP contribution in [0.3, 0.4) is 0 Å². The van der Waals surface area contributed by atoms with Gasteiger partial charge < -0.3 is 5.11 Å². The van der Waals surface area contributed by atoms with Crippen molar-refractivity contribution >= 4 is 5.97 Å². The highest BCUT2D eigenvalue weighted by atomic mass is 16.4. The molecule has 0 saturated carbocycles. The van der Waals surface area contributed by atoms with E-state index in [-0.39, 0.29) is 0 Å². The highest BCUT2D eigenvalue weighted by molar-refractivity contribution is 5.87. The van der Waals surface area contributed by atoms with Crippen molar-refractivity contribution in [2.75, 3.05) is 0 Å². The molecule has 0 saturated heterocycles. The summed E-state index contributed by atoms with van der Waals surface area (Å²) in [7, 11) is 0. The van der Waals surface area contributed by atoms with E-state index in [0.717, 1.165) is 0 Å². The molecule has 0 fully saturated rings. The summed E-state index contributed by atoms with van der Waals surface area (Å²) in [6, 6.07) is 16.8. The van der Waals surface area contributed by atoms with Crippen LogP contribution < -0.4 is 0 Å². The molecule has 2 heteroatoms. The van der Waals surface area contributed by atoms with Gasteiger partial charge in [-0.05, 0) is 26.0 Å². The number of rotatable bonds is 1. The van der Waals surface area contributed by atoms with Gasteiger partial charge in [0.1, 0.15) is 0 Å². The Morgan fingerprint density at radius 3 is 1.53 bits per heavy atom. The number of carbonyl (C=O) groups is 1. The summed E-state index contributed by atoms with van der Waals surface area (Å²) in [4.78, 5) is 10.2. The lowest BCUT2D eigenvalue weighted by atomic mass is 10.2. The fourth-order valence-electron chi connectivity index (χ4n) is 1.22. The van der Waals surface area contributed by atoms with Gasteiger partial charge >= 0.3 is 5.97 Å². The molecule has 17 heavy (non-hydrogen) atoms. The fourth-order valence-corrected chi connectivity index (χ4v) is 1.22. The van der Waals surface area contributed by atoms with Crippen molar-refractivity contribution in [3.05, 3.63) is 71.3 Å². The lowest BCUT2D eigenvalue weighted by molar-refractivity contribution is 0.0697. The first-order valence-corrected chi connectivity index (χ1v) is 5.41. The predicted octanol–water partition coefficient (Wildman–Crippen LogP) is 3.69. The van der Waals surface area contributed by atoms with E-state index in [1.54, 1.807) is 30.3 Å². The van der Waals surface area contributed by atoms with Gasteiger partial charge in [-0.25, -0.2) is 4.79 Å². The molecule has 0 aliphatic rings. The zero-order valence-electron chi connectivity index (χ0n) is 10.1. The van der Waals surface area contributed by atoms with Crippen LogP contribution in [0.5, 0.6) is 0 Å². The average molecular weight is 228 g/mol. The van der Waals surface area contributed by atoms with Gasteiger partial charge in [-0.2, -0.15) is 0 Å². The quantitative estimate of drug-likeness (QED) is 0.808. The maximum Gasteiger partial charge on any atom is 0.335 e. The molecule has 0 aliphatic carbocycles. The summed E-state index contributed by atoms with van der Waals surface area (Å²) in [5, 5.41) is 8.38. The Labute approximate surface area is 102 Å². The maximum atomic E-state index is 10.2. The zero-order valence-corrected chi connectivity index (χ0v) is 10.1. The highest BCUT2D eigenvalue weighted by Gasteiger charge is 1.96. The first kappa shape index (κ1) is 13.0. The minimum absolute atomic E-state index is 0.331. The molecule has 0 aromatic heterocycles. The van der Waals surface area contributed by atoms with Gasteiger partial charge in [0, 0.05) is 0 Å². The molecule has 0 unspecified atom stereocenters. The first-order chi connectivity index (χ1) is 8.09. The molecular weight excluding hydrogens is 212 g/mol. The van der Waals surface area contributed by atoms with Crippen molar-refractivity contribution in [3.63, 3.8) is 0 Å². The first-order valence-electron chi connectivity index (χ1n) is 5.41. The maximum absolute atomic E-state index is 10.2. The minimum atomic E-state index is -0.879. The van der Waals surface area contributed by atoms with Gasteiger partial charge in [0.25, 0.3) is 0 Å². The second-order valence-corrected chi connectivity index (χ2v) is 3.83. The zero-order chi connectivity index (χ0) is 12.7. The second kappa shape index (κ2) is 6.48. The van der Waals surface area contributed by atoms with Crippen LogP contribution in [-0.2, 0) is 0 Å². The molecule has 0 bridgehead atoms. The fraction of sp³-hybridized carbons (Fsp3) is 0.133. The summed E-state index contributed by atoms with van der Waals surface area (Å²) in [6.07, 6.45) is 0. The Hall–Kier alpha value is -2.09. The number of carboxylic acids is 1. The van der Waals surface area contributed by atoms with Gasteiger partial charge in [0.15, 0.2) is 0 Å². The summed E-state index contributed by atoms with van der Waals surface area (Å²) < 4.78 is 0. The molecule has 1 N–H and O–H groups in total. The SMILES string of the molecule is Cc1ccc(C)cc1.O=C(O)c1ccccc1. The molecule has 0 radical (unpaired) electrons. The number of aryl methyl sites for hydroxylation is 2. The molecule has 88 valence electrons. The molecule has 0 heterocycles. The number of hydrogen-bond donors (Lipinski definition) is 1. The summed E-state index contributed by atoms with van der Waals surface area (Å²) in [5.74, 6) is -0.879.